The molecule has 0 spiro atoms. The van der Waals surface area contributed by atoms with Gasteiger partial charge in [-0.2, -0.15) is 0 Å². The minimum Gasteiger partial charge on any atom is -0.477 e. The Morgan fingerprint density at radius 3 is 2.50 bits per heavy atom. The second-order valence-electron chi connectivity index (χ2n) is 1.97. The molecule has 0 saturated carbocycles. The molecule has 0 unspecified atom stereocenters. The molecule has 1 heterocycles. The van der Waals surface area contributed by atoms with E-state index in [1.807, 2.05) is 0 Å². The number of carboxylic acid groups (broad SMARTS) is 1. The molecule has 0 aliphatic heterocycles. The third-order valence-electron chi connectivity index (χ3n) is 1.17. The van der Waals surface area contributed by atoms with Gasteiger partial charge < -0.3 is 10.1 Å². The van der Waals surface area contributed by atoms with Crippen molar-refractivity contribution in [3.05, 3.63) is 31.1 Å². The quantitative estimate of drug-likeness (QED) is 0.773. The van der Waals surface area contributed by atoms with Crippen molar-refractivity contribution in [3.63, 3.8) is 0 Å². The Hall–Kier alpha value is -0.620. The zero-order valence-electron chi connectivity index (χ0n) is 5.60. The number of carboxylic acids is 1. The van der Waals surface area contributed by atoms with E-state index in [0.29, 0.717) is 4.60 Å². The smallest absolute Gasteiger partial charge is 0.342 e. The molecule has 0 fully saturated rings. The van der Waals surface area contributed by atoms with Crippen LogP contribution in [0, 0.1) is 0 Å². The van der Waals surface area contributed by atoms with Crippen LogP contribution in [0.3, 0.4) is 0 Å². The number of hydrogen-bond donors (Lipinski definition) is 2. The second kappa shape index (κ2) is 3.40. The van der Waals surface area contributed by atoms with Crippen LogP contribution >= 0.6 is 31.9 Å². The molecule has 4 nitrogen and oxygen atoms in total. The fraction of sp³-hybridized carbons (Fsp3) is 0. The Kier molecular flexibility index (Phi) is 2.69. The van der Waals surface area contributed by atoms with Crippen molar-refractivity contribution in [1.82, 2.24) is 4.98 Å². The fourth-order valence-corrected chi connectivity index (χ4v) is 1.99. The number of aromatic amines is 1. The van der Waals surface area contributed by atoms with Crippen molar-refractivity contribution in [2.45, 2.75) is 0 Å². The van der Waals surface area contributed by atoms with Gasteiger partial charge in [-0.05, 0) is 37.9 Å². The van der Waals surface area contributed by atoms with E-state index in [1.165, 1.54) is 6.07 Å². The summed E-state index contributed by atoms with van der Waals surface area (Å²) >= 11 is 5.99. The maximum absolute atomic E-state index is 11.0. The predicted molar refractivity (Wildman–Crippen MR) is 49.4 cm³/mol. The number of pyridine rings is 1. The minimum absolute atomic E-state index is 0.255. The molecule has 1 aromatic heterocycles. The van der Waals surface area contributed by atoms with Crippen LogP contribution in [0.4, 0.5) is 0 Å². The molecular formula is C6H3Br2NO3. The van der Waals surface area contributed by atoms with E-state index < -0.39 is 11.5 Å². The molecule has 0 aliphatic carbocycles. The van der Waals surface area contributed by atoms with E-state index in [-0.39, 0.29) is 10.0 Å². The summed E-state index contributed by atoms with van der Waals surface area (Å²) in [6.45, 7) is 0. The highest BCUT2D eigenvalue weighted by Gasteiger charge is 2.13. The highest BCUT2D eigenvalue weighted by atomic mass is 79.9. The van der Waals surface area contributed by atoms with Crippen molar-refractivity contribution in [2.75, 3.05) is 0 Å². The van der Waals surface area contributed by atoms with Gasteiger partial charge in [-0.3, -0.25) is 4.79 Å². The summed E-state index contributed by atoms with van der Waals surface area (Å²) in [6, 6.07) is 1.46. The fourth-order valence-electron chi connectivity index (χ4n) is 0.698. The Morgan fingerprint density at radius 2 is 2.08 bits per heavy atom. The first-order chi connectivity index (χ1) is 5.52. The number of aromatic nitrogens is 1. The summed E-state index contributed by atoms with van der Waals surface area (Å²) in [4.78, 5) is 23.8. The normalized spacial score (nSPS) is 9.83. The van der Waals surface area contributed by atoms with Crippen LogP contribution in [0.5, 0.6) is 0 Å². The van der Waals surface area contributed by atoms with Gasteiger partial charge in [0.25, 0.3) is 5.56 Å². The largest absolute Gasteiger partial charge is 0.477 e. The lowest BCUT2D eigenvalue weighted by Gasteiger charge is -1.97. The van der Waals surface area contributed by atoms with Crippen molar-refractivity contribution < 1.29 is 9.90 Å². The van der Waals surface area contributed by atoms with Crippen LogP contribution in [-0.4, -0.2) is 16.1 Å². The topological polar surface area (TPSA) is 70.2 Å². The lowest BCUT2D eigenvalue weighted by Crippen LogP contribution is -2.18. The zero-order chi connectivity index (χ0) is 9.30. The summed E-state index contributed by atoms with van der Waals surface area (Å²) < 4.78 is 0.690. The molecule has 1 rings (SSSR count). The van der Waals surface area contributed by atoms with Crippen LogP contribution in [0.15, 0.2) is 19.9 Å². The van der Waals surface area contributed by atoms with Gasteiger partial charge in [-0.15, -0.1) is 0 Å². The van der Waals surface area contributed by atoms with Gasteiger partial charge in [0, 0.05) is 4.47 Å². The van der Waals surface area contributed by atoms with Crippen molar-refractivity contribution in [2.24, 2.45) is 0 Å². The van der Waals surface area contributed by atoms with Gasteiger partial charge in [-0.25, -0.2) is 4.79 Å². The third kappa shape index (κ3) is 1.75. The number of aromatic carboxylic acids is 1. The van der Waals surface area contributed by atoms with Crippen LogP contribution in [0.1, 0.15) is 10.4 Å². The minimum atomic E-state index is -1.25. The summed E-state index contributed by atoms with van der Waals surface area (Å²) in [5.41, 5.74) is -0.929. The van der Waals surface area contributed by atoms with Gasteiger partial charge >= 0.3 is 5.97 Å². The molecule has 64 valence electrons. The lowest BCUT2D eigenvalue weighted by molar-refractivity contribution is 0.0694. The molecular weight excluding hydrogens is 294 g/mol. The summed E-state index contributed by atoms with van der Waals surface area (Å²) in [5, 5.41) is 8.57. The standard InChI is InChI=1S/C6H3Br2NO3/c7-2-1-3(8)9-5(10)4(2)6(11)12/h1H,(H,9,10)(H,11,12). The molecule has 0 bridgehead atoms. The molecule has 0 aliphatic rings. The van der Waals surface area contributed by atoms with Gasteiger partial charge in [0.2, 0.25) is 0 Å². The van der Waals surface area contributed by atoms with Crippen LogP contribution in [0.2, 0.25) is 0 Å². The van der Waals surface area contributed by atoms with Crippen LogP contribution in [-0.2, 0) is 0 Å². The first-order valence-electron chi connectivity index (χ1n) is 2.84. The van der Waals surface area contributed by atoms with E-state index in [1.54, 1.807) is 0 Å². The average Bonchev–Trinajstić information content (AvgIpc) is 1.82. The van der Waals surface area contributed by atoms with Gasteiger partial charge in [0.1, 0.15) is 5.56 Å². The van der Waals surface area contributed by atoms with Gasteiger partial charge in [-0.1, -0.05) is 0 Å². The van der Waals surface area contributed by atoms with Crippen molar-refractivity contribution in [3.8, 4) is 0 Å². The number of hydrogen-bond acceptors (Lipinski definition) is 2. The molecule has 0 radical (unpaired) electrons. The molecule has 6 heteroatoms. The number of rotatable bonds is 1. The first kappa shape index (κ1) is 9.47. The first-order valence-corrected chi connectivity index (χ1v) is 4.42. The molecule has 2 N–H and O–H groups in total. The molecule has 0 atom stereocenters. The molecule has 0 saturated heterocycles. The van der Waals surface area contributed by atoms with E-state index in [0.717, 1.165) is 0 Å². The SMILES string of the molecule is O=C(O)c1c(Br)cc(Br)[nH]c1=O. The summed E-state index contributed by atoms with van der Waals surface area (Å²) in [6.07, 6.45) is 0. The molecule has 12 heavy (non-hydrogen) atoms. The lowest BCUT2D eigenvalue weighted by atomic mass is 10.3. The van der Waals surface area contributed by atoms with Crippen LogP contribution in [0.25, 0.3) is 0 Å². The number of nitrogens with one attached hydrogen (secondary N) is 1. The average molecular weight is 297 g/mol. The predicted octanol–water partition coefficient (Wildman–Crippen LogP) is 1.60. The van der Waals surface area contributed by atoms with Gasteiger partial charge in [0.15, 0.2) is 0 Å². The maximum atomic E-state index is 11.0. The Bertz CT molecular complexity index is 385. The second-order valence-corrected chi connectivity index (χ2v) is 3.68. The maximum Gasteiger partial charge on any atom is 0.342 e. The third-order valence-corrected chi connectivity index (χ3v) is 2.22. The van der Waals surface area contributed by atoms with E-state index >= 15 is 0 Å². The molecule has 0 amide bonds. The van der Waals surface area contributed by atoms with E-state index in [4.69, 9.17) is 5.11 Å². The number of H-pyrrole nitrogens is 1. The van der Waals surface area contributed by atoms with E-state index in [9.17, 15) is 9.59 Å². The van der Waals surface area contributed by atoms with E-state index in [2.05, 4.69) is 36.8 Å². The number of carbonyl (C=O) groups is 1. The van der Waals surface area contributed by atoms with Crippen LogP contribution < -0.4 is 5.56 Å². The van der Waals surface area contributed by atoms with Crippen molar-refractivity contribution in [1.29, 1.82) is 0 Å². The monoisotopic (exact) mass is 295 g/mol. The Morgan fingerprint density at radius 1 is 1.50 bits per heavy atom. The van der Waals surface area contributed by atoms with Gasteiger partial charge in [0.05, 0.1) is 4.60 Å². The highest BCUT2D eigenvalue weighted by Crippen LogP contribution is 2.16. The molecule has 0 aromatic carbocycles. The molecule has 1 aromatic rings. The zero-order valence-corrected chi connectivity index (χ0v) is 8.77. The highest BCUT2D eigenvalue weighted by molar-refractivity contribution is 9.11. The summed E-state index contributed by atoms with van der Waals surface area (Å²) in [7, 11) is 0. The number of halogens is 2. The summed E-state index contributed by atoms with van der Waals surface area (Å²) in [5.74, 6) is -1.25. The Labute approximate surface area is 83.9 Å². The Balaban J connectivity index is 3.49. The van der Waals surface area contributed by atoms with Crippen molar-refractivity contribution >= 4 is 37.8 Å².